The predicted octanol–water partition coefficient (Wildman–Crippen LogP) is 3.57. The zero-order valence-corrected chi connectivity index (χ0v) is 8.41. The molecule has 0 nitrogen and oxygen atoms in total. The molecule has 0 rings (SSSR count). The van der Waals surface area contributed by atoms with Crippen LogP contribution in [0.1, 0.15) is 53.4 Å². The Labute approximate surface area is 76.0 Å². The summed E-state index contributed by atoms with van der Waals surface area (Å²) >= 11 is 2.17. The summed E-state index contributed by atoms with van der Waals surface area (Å²) in [4.78, 5) is 0. The fourth-order valence-electron chi connectivity index (χ4n) is 0.500. The Morgan fingerprint density at radius 3 is 1.30 bits per heavy atom. The molecule has 0 aliphatic rings. The Morgan fingerprint density at radius 2 is 1.20 bits per heavy atom. The van der Waals surface area contributed by atoms with Gasteiger partial charge in [-0.1, -0.05) is 39.5 Å². The molecular weight excluding hydrogens is 115 g/mol. The van der Waals surface area contributed by atoms with E-state index >= 15 is 0 Å². The van der Waals surface area contributed by atoms with Crippen molar-refractivity contribution in [2.45, 2.75) is 58.0 Å². The normalized spacial score (nSPS) is 9.10. The van der Waals surface area contributed by atoms with Gasteiger partial charge in [0.05, 0.1) is 0 Å². The van der Waals surface area contributed by atoms with E-state index in [-0.39, 0.29) is 0 Å². The second-order valence-electron chi connectivity index (χ2n) is 3.44. The predicted molar refractivity (Wildman–Crippen MR) is 50.7 cm³/mol. The molecule has 0 aromatic rings. The summed E-state index contributed by atoms with van der Waals surface area (Å²) in [7, 11) is 0. The van der Waals surface area contributed by atoms with Crippen molar-refractivity contribution in [3.05, 3.63) is 0 Å². The van der Waals surface area contributed by atoms with Crippen molar-refractivity contribution in [3.8, 4) is 0 Å². The molecule has 0 aliphatic carbocycles. The molecule has 0 atom stereocenters. The molecule has 0 heterocycles. The van der Waals surface area contributed by atoms with Gasteiger partial charge < -0.3 is 0 Å². The fourth-order valence-corrected chi connectivity index (χ4v) is 0.500. The van der Waals surface area contributed by atoms with E-state index in [1.165, 1.54) is 25.7 Å². The molecule has 0 unspecified atom stereocenters. The molecule has 1 heteroatoms. The second-order valence-corrected chi connectivity index (χ2v) is 3.44. The topological polar surface area (TPSA) is 0 Å². The van der Waals surface area contributed by atoms with Crippen LogP contribution < -0.4 is 0 Å². The van der Waals surface area contributed by atoms with Crippen LogP contribution in [0.2, 0.25) is 4.59 Å². The number of rotatable bonds is 3. The minimum absolute atomic E-state index is 0.833. The van der Waals surface area contributed by atoms with Gasteiger partial charge in [-0.05, 0) is 0 Å². The van der Waals surface area contributed by atoms with Crippen LogP contribution in [0.5, 0.6) is 0 Å². The Kier molecular flexibility index (Phi) is 16.2. The van der Waals surface area contributed by atoms with Crippen LogP contribution in [0.15, 0.2) is 0 Å². The molecule has 0 aromatic carbocycles. The van der Waals surface area contributed by atoms with Crippen molar-refractivity contribution >= 4 is 17.7 Å². The van der Waals surface area contributed by atoms with Crippen LogP contribution in [0.3, 0.4) is 0 Å². The first-order valence-electron chi connectivity index (χ1n) is 4.65. The quantitative estimate of drug-likeness (QED) is 0.411. The SMILES string of the molecule is CCCCCC.[Li][CH](C)C. The Bertz CT molecular complexity index is 35.2. The summed E-state index contributed by atoms with van der Waals surface area (Å²) in [6.45, 7) is 8.80. The van der Waals surface area contributed by atoms with Gasteiger partial charge in [0.15, 0.2) is 0 Å². The van der Waals surface area contributed by atoms with Gasteiger partial charge in [0.2, 0.25) is 0 Å². The molecule has 0 N–H and O–H groups in total. The van der Waals surface area contributed by atoms with E-state index in [2.05, 4.69) is 45.4 Å². The van der Waals surface area contributed by atoms with E-state index in [4.69, 9.17) is 0 Å². The average Bonchev–Trinajstić information content (AvgIpc) is 1.82. The molecular formula is C9H21Li. The summed E-state index contributed by atoms with van der Waals surface area (Å²) in [5.74, 6) is 0. The maximum absolute atomic E-state index is 2.23. The average molecular weight is 136 g/mol. The fraction of sp³-hybridized carbons (Fsp3) is 1.00. The van der Waals surface area contributed by atoms with E-state index in [1.54, 1.807) is 0 Å². The zero-order valence-electron chi connectivity index (χ0n) is 8.41. The van der Waals surface area contributed by atoms with Crippen molar-refractivity contribution in [2.75, 3.05) is 0 Å². The summed E-state index contributed by atoms with van der Waals surface area (Å²) in [5.41, 5.74) is 0. The zero-order chi connectivity index (χ0) is 8.41. The van der Waals surface area contributed by atoms with Gasteiger partial charge in [0, 0.05) is 0 Å². The summed E-state index contributed by atoms with van der Waals surface area (Å²) in [6, 6.07) is 0. The van der Waals surface area contributed by atoms with Gasteiger partial charge in [0.25, 0.3) is 0 Å². The number of hydrogen-bond donors (Lipinski definition) is 0. The molecule has 0 amide bonds. The molecule has 0 bridgehead atoms. The Balaban J connectivity index is 0. The van der Waals surface area contributed by atoms with E-state index in [1.807, 2.05) is 0 Å². The van der Waals surface area contributed by atoms with Crippen molar-refractivity contribution in [1.29, 1.82) is 0 Å². The molecule has 0 aromatic heterocycles. The van der Waals surface area contributed by atoms with Crippen LogP contribution in [0, 0.1) is 0 Å². The standard InChI is InChI=1S/C6H14.C3H7.Li/c1-3-5-6-4-2;1-3-2;/h3-6H2,1-2H3;3H,1-2H3;. The molecule has 0 fully saturated rings. The third kappa shape index (κ3) is 38.3. The molecule has 58 valence electrons. The molecule has 10 heavy (non-hydrogen) atoms. The summed E-state index contributed by atoms with van der Waals surface area (Å²) < 4.78 is 0.833. The first kappa shape index (κ1) is 13.2. The monoisotopic (exact) mass is 136 g/mol. The van der Waals surface area contributed by atoms with Crippen molar-refractivity contribution < 1.29 is 0 Å². The van der Waals surface area contributed by atoms with Gasteiger partial charge in [-0.15, -0.1) is 0 Å². The van der Waals surface area contributed by atoms with Gasteiger partial charge in [0.1, 0.15) is 0 Å². The number of unbranched alkanes of at least 4 members (excludes halogenated alkanes) is 3. The van der Waals surface area contributed by atoms with Crippen LogP contribution >= 0.6 is 0 Å². The van der Waals surface area contributed by atoms with E-state index in [0.29, 0.717) is 0 Å². The van der Waals surface area contributed by atoms with Crippen LogP contribution in [0.25, 0.3) is 0 Å². The van der Waals surface area contributed by atoms with E-state index in [0.717, 1.165) is 4.59 Å². The molecule has 0 radical (unpaired) electrons. The molecule has 0 saturated carbocycles. The maximum atomic E-state index is 2.23. The van der Waals surface area contributed by atoms with Crippen molar-refractivity contribution in [1.82, 2.24) is 0 Å². The first-order chi connectivity index (χ1) is 4.65. The second kappa shape index (κ2) is 12.3. The molecule has 0 spiro atoms. The summed E-state index contributed by atoms with van der Waals surface area (Å²) in [6.07, 6.45) is 5.54. The van der Waals surface area contributed by atoms with Crippen LogP contribution in [-0.2, 0) is 0 Å². The van der Waals surface area contributed by atoms with Gasteiger partial charge in [-0.3, -0.25) is 0 Å². The number of hydrogen-bond acceptors (Lipinski definition) is 0. The van der Waals surface area contributed by atoms with Crippen molar-refractivity contribution in [2.24, 2.45) is 0 Å². The van der Waals surface area contributed by atoms with Crippen molar-refractivity contribution in [3.63, 3.8) is 0 Å². The Hall–Kier alpha value is 0.597. The van der Waals surface area contributed by atoms with Gasteiger partial charge >= 0.3 is 36.2 Å². The third-order valence-electron chi connectivity index (χ3n) is 0.957. The van der Waals surface area contributed by atoms with Gasteiger partial charge in [-0.25, -0.2) is 0 Å². The third-order valence-corrected chi connectivity index (χ3v) is 0.957. The molecule has 0 aliphatic heterocycles. The Morgan fingerprint density at radius 1 is 1.00 bits per heavy atom. The minimum atomic E-state index is 0.833. The van der Waals surface area contributed by atoms with Crippen LogP contribution in [-0.4, -0.2) is 17.7 Å². The van der Waals surface area contributed by atoms with E-state index in [9.17, 15) is 0 Å². The van der Waals surface area contributed by atoms with Gasteiger partial charge in [-0.2, -0.15) is 0 Å². The molecule has 0 saturated heterocycles. The van der Waals surface area contributed by atoms with E-state index < -0.39 is 0 Å². The first-order valence-corrected chi connectivity index (χ1v) is 4.65. The van der Waals surface area contributed by atoms with Crippen LogP contribution in [0.4, 0.5) is 0 Å². The summed E-state index contributed by atoms with van der Waals surface area (Å²) in [5, 5.41) is 0.